The number of amides is 4. The number of nitrogens with one attached hydrogen (secondary N) is 1. The predicted molar refractivity (Wildman–Crippen MR) is 133 cm³/mol. The number of halogens is 2. The molecule has 196 valence electrons. The van der Waals surface area contributed by atoms with Crippen LogP contribution in [0.15, 0.2) is 18.2 Å². The number of hydrogen-bond donors (Lipinski definition) is 3. The van der Waals surface area contributed by atoms with Crippen molar-refractivity contribution in [3.63, 3.8) is 0 Å². The molecule has 3 fully saturated rings. The van der Waals surface area contributed by atoms with E-state index in [0.29, 0.717) is 23.8 Å². The molecule has 36 heavy (non-hydrogen) atoms. The number of anilines is 1. The maximum absolute atomic E-state index is 13.1. The highest BCUT2D eigenvalue weighted by Crippen LogP contribution is 2.53. The summed E-state index contributed by atoms with van der Waals surface area (Å²) in [6.07, 6.45) is 2.73. The second-order valence-electron chi connectivity index (χ2n) is 9.84. The summed E-state index contributed by atoms with van der Waals surface area (Å²) < 4.78 is 0. The van der Waals surface area contributed by atoms with Gasteiger partial charge in [-0.05, 0) is 56.2 Å². The van der Waals surface area contributed by atoms with E-state index in [2.05, 4.69) is 5.32 Å². The fraction of sp³-hybridized carbons (Fsp3) is 0.583. The Balaban J connectivity index is 1.34. The number of aliphatic hydroxyl groups excluding tert-OH is 1. The molecule has 1 aromatic rings. The van der Waals surface area contributed by atoms with Crippen LogP contribution < -0.4 is 5.32 Å². The summed E-state index contributed by atoms with van der Waals surface area (Å²) in [5, 5.41) is 23.3. The van der Waals surface area contributed by atoms with Crippen LogP contribution in [0.5, 0.6) is 0 Å². The quantitative estimate of drug-likeness (QED) is 0.508. The van der Waals surface area contributed by atoms with Gasteiger partial charge in [0.15, 0.2) is 0 Å². The van der Waals surface area contributed by atoms with Gasteiger partial charge in [0.1, 0.15) is 12.1 Å². The molecule has 4 rings (SSSR count). The number of hydrogen-bond acceptors (Lipinski definition) is 5. The maximum atomic E-state index is 13.1. The molecule has 1 aliphatic carbocycles. The van der Waals surface area contributed by atoms with E-state index in [-0.39, 0.29) is 42.3 Å². The van der Waals surface area contributed by atoms with Crippen LogP contribution in [0.2, 0.25) is 10.0 Å². The van der Waals surface area contributed by atoms with Crippen LogP contribution in [0.3, 0.4) is 0 Å². The Labute approximate surface area is 219 Å². The molecule has 2 saturated heterocycles. The minimum absolute atomic E-state index is 0.000165. The smallest absolute Gasteiger partial charge is 0.328 e. The molecule has 1 saturated carbocycles. The number of β-amino-alcohol motifs (C(OH)–C–C–N with tert-alkyl or cyclic N) is 1. The topological polar surface area (TPSA) is 130 Å². The van der Waals surface area contributed by atoms with Crippen LogP contribution in [0.25, 0.3) is 0 Å². The van der Waals surface area contributed by atoms with Crippen molar-refractivity contribution in [2.75, 3.05) is 31.5 Å². The lowest BCUT2D eigenvalue weighted by Gasteiger charge is -2.42. The molecule has 2 aliphatic heterocycles. The molecule has 3 unspecified atom stereocenters. The molecule has 10 nitrogen and oxygen atoms in total. The van der Waals surface area contributed by atoms with Gasteiger partial charge in [0.25, 0.3) is 0 Å². The van der Waals surface area contributed by atoms with Gasteiger partial charge in [-0.15, -0.1) is 0 Å². The number of carbonyl (C=O) groups excluding carboxylic acids is 3. The Morgan fingerprint density at radius 2 is 1.86 bits per heavy atom. The zero-order chi connectivity index (χ0) is 26.2. The minimum atomic E-state index is -1.24. The summed E-state index contributed by atoms with van der Waals surface area (Å²) in [6, 6.07) is 1.75. The van der Waals surface area contributed by atoms with Crippen LogP contribution in [0, 0.1) is 5.41 Å². The summed E-state index contributed by atoms with van der Waals surface area (Å²) in [5.41, 5.74) is 0.358. The number of piperidine rings is 1. The first-order valence-electron chi connectivity index (χ1n) is 12.0. The number of nitrogens with zero attached hydrogens (tertiary/aromatic N) is 3. The molecule has 1 aromatic carbocycles. The average Bonchev–Trinajstić information content (AvgIpc) is 3.61. The Kier molecular flexibility index (Phi) is 7.68. The van der Waals surface area contributed by atoms with Crippen molar-refractivity contribution in [2.45, 2.75) is 57.2 Å². The minimum Gasteiger partial charge on any atom is -0.480 e. The molecule has 3 aliphatic rings. The number of carboxylic acid groups (broad SMARTS) is 1. The largest absolute Gasteiger partial charge is 0.480 e. The lowest BCUT2D eigenvalue weighted by atomic mass is 9.90. The van der Waals surface area contributed by atoms with Gasteiger partial charge in [-0.1, -0.05) is 23.2 Å². The first-order valence-corrected chi connectivity index (χ1v) is 12.8. The molecule has 1 spiro atoms. The van der Waals surface area contributed by atoms with Crippen LogP contribution in [-0.4, -0.2) is 93.1 Å². The van der Waals surface area contributed by atoms with E-state index >= 15 is 0 Å². The van der Waals surface area contributed by atoms with Gasteiger partial charge in [0, 0.05) is 31.7 Å². The zero-order valence-electron chi connectivity index (χ0n) is 20.0. The van der Waals surface area contributed by atoms with Gasteiger partial charge >= 0.3 is 12.0 Å². The number of rotatable bonds is 6. The van der Waals surface area contributed by atoms with Gasteiger partial charge in [-0.25, -0.2) is 9.59 Å². The molecular weight excluding hydrogens is 511 g/mol. The number of urea groups is 1. The highest BCUT2D eigenvalue weighted by atomic mass is 35.5. The molecule has 0 bridgehead atoms. The van der Waals surface area contributed by atoms with E-state index in [1.807, 2.05) is 0 Å². The molecule has 3 N–H and O–H groups in total. The van der Waals surface area contributed by atoms with Gasteiger partial charge < -0.3 is 30.2 Å². The SMILES string of the molecule is CC1C(=O)N(CCCC(=O)N2CCC3(CC3)C(O)C2)C(C(=O)O)CN1C(=O)Nc1ccc(Cl)c(Cl)c1. The number of benzene rings is 1. The van der Waals surface area contributed by atoms with Crippen LogP contribution in [-0.2, 0) is 14.4 Å². The number of aliphatic hydroxyl groups is 1. The lowest BCUT2D eigenvalue weighted by molar-refractivity contribution is -0.157. The van der Waals surface area contributed by atoms with Crippen molar-refractivity contribution in [3.05, 3.63) is 28.2 Å². The zero-order valence-corrected chi connectivity index (χ0v) is 21.5. The number of likely N-dealkylation sites (tertiary alicyclic amines) is 1. The highest BCUT2D eigenvalue weighted by molar-refractivity contribution is 6.42. The van der Waals surface area contributed by atoms with E-state index in [1.54, 1.807) is 11.0 Å². The number of piperazine rings is 1. The lowest BCUT2D eigenvalue weighted by Crippen LogP contribution is -2.65. The Morgan fingerprint density at radius 1 is 1.14 bits per heavy atom. The first-order chi connectivity index (χ1) is 17.0. The second-order valence-corrected chi connectivity index (χ2v) is 10.7. The normalized spacial score (nSPS) is 25.2. The number of carboxylic acids is 1. The van der Waals surface area contributed by atoms with Crippen molar-refractivity contribution in [1.29, 1.82) is 0 Å². The third-order valence-electron chi connectivity index (χ3n) is 7.59. The van der Waals surface area contributed by atoms with Crippen LogP contribution in [0.4, 0.5) is 10.5 Å². The van der Waals surface area contributed by atoms with E-state index < -0.39 is 36.1 Å². The first kappa shape index (κ1) is 26.5. The van der Waals surface area contributed by atoms with E-state index in [0.717, 1.165) is 19.3 Å². The summed E-state index contributed by atoms with van der Waals surface area (Å²) in [6.45, 7) is 2.34. The van der Waals surface area contributed by atoms with Crippen molar-refractivity contribution < 1.29 is 29.4 Å². The van der Waals surface area contributed by atoms with E-state index in [9.17, 15) is 29.4 Å². The van der Waals surface area contributed by atoms with Gasteiger partial charge in [-0.2, -0.15) is 0 Å². The Bertz CT molecular complexity index is 1070. The molecular formula is C24H30Cl2N4O6. The van der Waals surface area contributed by atoms with Crippen LogP contribution in [0.1, 0.15) is 39.0 Å². The Hall–Kier alpha value is -2.56. The van der Waals surface area contributed by atoms with Crippen molar-refractivity contribution >= 4 is 52.7 Å². The number of aliphatic carboxylic acids is 1. The Morgan fingerprint density at radius 3 is 2.47 bits per heavy atom. The summed E-state index contributed by atoms with van der Waals surface area (Å²) >= 11 is 11.9. The second kappa shape index (κ2) is 10.4. The van der Waals surface area contributed by atoms with E-state index in [4.69, 9.17) is 23.2 Å². The van der Waals surface area contributed by atoms with Gasteiger partial charge in [-0.3, -0.25) is 9.59 Å². The monoisotopic (exact) mass is 540 g/mol. The van der Waals surface area contributed by atoms with Crippen molar-refractivity contribution in [1.82, 2.24) is 14.7 Å². The molecule has 0 radical (unpaired) electrons. The fourth-order valence-electron chi connectivity index (χ4n) is 5.02. The molecule has 0 aromatic heterocycles. The molecule has 4 amide bonds. The summed E-state index contributed by atoms with van der Waals surface area (Å²) in [5.74, 6) is -1.85. The molecule has 3 atom stereocenters. The van der Waals surface area contributed by atoms with E-state index in [1.165, 1.54) is 28.9 Å². The third-order valence-corrected chi connectivity index (χ3v) is 8.32. The third kappa shape index (κ3) is 5.40. The molecule has 2 heterocycles. The van der Waals surface area contributed by atoms with Crippen LogP contribution >= 0.6 is 23.2 Å². The summed E-state index contributed by atoms with van der Waals surface area (Å²) in [7, 11) is 0. The standard InChI is InChI=1S/C24H30Cl2N4O6/c1-14-21(33)29(9-2-3-20(32)28-10-8-24(6-7-24)19(31)13-28)18(22(34)35)12-30(14)23(36)27-15-4-5-16(25)17(26)11-15/h4-5,11,14,18-19,31H,2-3,6-10,12-13H2,1H3,(H,27,36)(H,34,35). The van der Waals surface area contributed by atoms with Crippen molar-refractivity contribution in [2.24, 2.45) is 5.41 Å². The maximum Gasteiger partial charge on any atom is 0.328 e. The van der Waals surface area contributed by atoms with Gasteiger partial charge in [0.2, 0.25) is 11.8 Å². The van der Waals surface area contributed by atoms with Gasteiger partial charge in [0.05, 0.1) is 22.7 Å². The average molecular weight is 541 g/mol. The fourth-order valence-corrected chi connectivity index (χ4v) is 5.32. The molecule has 12 heteroatoms. The highest BCUT2D eigenvalue weighted by Gasteiger charge is 2.51. The predicted octanol–water partition coefficient (Wildman–Crippen LogP) is 2.66. The van der Waals surface area contributed by atoms with Crippen molar-refractivity contribution in [3.8, 4) is 0 Å². The summed E-state index contributed by atoms with van der Waals surface area (Å²) in [4.78, 5) is 54.6. The number of carbonyl (C=O) groups is 4.